The van der Waals surface area contributed by atoms with E-state index >= 15 is 0 Å². The fourth-order valence-corrected chi connectivity index (χ4v) is 2.77. The van der Waals surface area contributed by atoms with Gasteiger partial charge in [0, 0.05) is 0 Å². The van der Waals surface area contributed by atoms with Gasteiger partial charge in [0.2, 0.25) is 0 Å². The number of hydrogen-bond donors (Lipinski definition) is 5. The minimum atomic E-state index is -5.54. The first-order chi connectivity index (χ1) is 10.6. The summed E-state index contributed by atoms with van der Waals surface area (Å²) in [6.45, 7) is -1.37. The number of carbonyl (C=O) groups excluding carboxylic acids is 1. The predicted molar refractivity (Wildman–Crippen MR) is 68.4 cm³/mol. The second kappa shape index (κ2) is 8.53. The molecule has 0 amide bonds. The summed E-state index contributed by atoms with van der Waals surface area (Å²) in [6.07, 6.45) is -11.1. The van der Waals surface area contributed by atoms with Crippen molar-refractivity contribution in [2.45, 2.75) is 24.4 Å². The van der Waals surface area contributed by atoms with Gasteiger partial charge in [0.05, 0.1) is 6.61 Å². The molecule has 0 spiro atoms. The second-order valence-electron chi connectivity index (χ2n) is 3.85. The summed E-state index contributed by atoms with van der Waals surface area (Å²) >= 11 is 0. The van der Waals surface area contributed by atoms with E-state index in [1.54, 1.807) is 0 Å². The lowest BCUT2D eigenvalue weighted by Gasteiger charge is -2.29. The lowest BCUT2D eigenvalue weighted by atomic mass is 10.0. The zero-order valence-electron chi connectivity index (χ0n) is 11.1. The van der Waals surface area contributed by atoms with Gasteiger partial charge in [-0.25, -0.2) is 12.5 Å². The Hall–Kier alpha value is -0.800. The molecule has 144 valence electrons. The smallest absolute Gasteiger partial charge is 0.394 e. The maximum Gasteiger partial charge on any atom is 0.398 e. The third kappa shape index (κ3) is 9.48. The van der Waals surface area contributed by atoms with Crippen molar-refractivity contribution < 1.29 is 66.5 Å². The minimum Gasteiger partial charge on any atom is -0.394 e. The molecule has 0 heterocycles. The van der Waals surface area contributed by atoms with E-state index in [2.05, 4.69) is 12.5 Å². The summed E-state index contributed by atoms with van der Waals surface area (Å²) in [5, 5.41) is 18.2. The number of aliphatic hydroxyl groups is 2. The van der Waals surface area contributed by atoms with Gasteiger partial charge >= 0.3 is 31.2 Å². The number of aliphatic hydroxyl groups excluding tert-OH is 2. The maximum atomic E-state index is 10.8. The molecule has 24 heavy (non-hydrogen) atoms. The van der Waals surface area contributed by atoms with Gasteiger partial charge in [0.15, 0.2) is 12.4 Å². The van der Waals surface area contributed by atoms with Crippen molar-refractivity contribution >= 4 is 37.5 Å². The Bertz CT molecular complexity index is 719. The molecule has 0 aliphatic carbocycles. The molecule has 0 aliphatic heterocycles. The Morgan fingerprint density at radius 2 is 1.17 bits per heavy atom. The standard InChI is InChI=1S/C6H12O15S3/c7-1-3(9)5(20-23(13,14)15)6(21-24(16,17)18)4(2-8)19-22(10,11)12/h2-7,9H,1H2,(H,10,11,12)(H,13,14,15)(H,16,17,18)/t3-,4+,5+,6-/m1/s1. The Kier molecular flexibility index (Phi) is 8.25. The van der Waals surface area contributed by atoms with Gasteiger partial charge in [-0.15, -0.1) is 0 Å². The average molecular weight is 420 g/mol. The van der Waals surface area contributed by atoms with Crippen LogP contribution in [-0.4, -0.2) is 86.4 Å². The molecular formula is C6H12O15S3. The molecular weight excluding hydrogens is 408 g/mol. The third-order valence-corrected chi connectivity index (χ3v) is 3.44. The van der Waals surface area contributed by atoms with E-state index in [0.717, 1.165) is 0 Å². The Balaban J connectivity index is 6.04. The molecule has 4 atom stereocenters. The van der Waals surface area contributed by atoms with Crippen molar-refractivity contribution in [1.82, 2.24) is 0 Å². The first-order valence-corrected chi connectivity index (χ1v) is 9.40. The van der Waals surface area contributed by atoms with Gasteiger partial charge in [0.25, 0.3) is 0 Å². The van der Waals surface area contributed by atoms with Gasteiger partial charge in [-0.05, 0) is 0 Å². The molecule has 0 rings (SSSR count). The monoisotopic (exact) mass is 420 g/mol. The number of carbonyl (C=O) groups is 1. The summed E-state index contributed by atoms with van der Waals surface area (Å²) in [6, 6.07) is 0. The van der Waals surface area contributed by atoms with Crippen LogP contribution in [0.25, 0.3) is 0 Å². The molecule has 0 aromatic carbocycles. The van der Waals surface area contributed by atoms with Crippen LogP contribution in [0.2, 0.25) is 0 Å². The largest absolute Gasteiger partial charge is 0.398 e. The molecule has 0 bridgehead atoms. The summed E-state index contributed by atoms with van der Waals surface area (Å²) in [4.78, 5) is 10.8. The number of aldehydes is 1. The molecule has 0 aromatic rings. The molecule has 0 aliphatic rings. The van der Waals surface area contributed by atoms with Gasteiger partial charge in [-0.3, -0.25) is 13.7 Å². The number of hydrogen-bond acceptors (Lipinski definition) is 12. The highest BCUT2D eigenvalue weighted by Gasteiger charge is 2.43. The highest BCUT2D eigenvalue weighted by Crippen LogP contribution is 2.19. The highest BCUT2D eigenvalue weighted by atomic mass is 32.3. The molecule has 5 N–H and O–H groups in total. The zero-order chi connectivity index (χ0) is 19.3. The zero-order valence-corrected chi connectivity index (χ0v) is 13.6. The van der Waals surface area contributed by atoms with Crippen LogP contribution in [0.15, 0.2) is 0 Å². The fraction of sp³-hybridized carbons (Fsp3) is 0.833. The molecule has 0 unspecified atom stereocenters. The molecule has 0 fully saturated rings. The quantitative estimate of drug-likeness (QED) is 0.158. The van der Waals surface area contributed by atoms with E-state index < -0.39 is 68.5 Å². The molecule has 0 saturated carbocycles. The lowest BCUT2D eigenvalue weighted by Crippen LogP contribution is -2.52. The normalized spacial score (nSPS) is 18.5. The molecule has 15 nitrogen and oxygen atoms in total. The summed E-state index contributed by atoms with van der Waals surface area (Å²) in [5.74, 6) is 0. The van der Waals surface area contributed by atoms with Crippen molar-refractivity contribution in [3.8, 4) is 0 Å². The van der Waals surface area contributed by atoms with Gasteiger partial charge in [-0.2, -0.15) is 25.3 Å². The lowest BCUT2D eigenvalue weighted by molar-refractivity contribution is -0.127. The Morgan fingerprint density at radius 1 is 0.792 bits per heavy atom. The van der Waals surface area contributed by atoms with Crippen LogP contribution in [-0.2, 0) is 48.5 Å². The first-order valence-electron chi connectivity index (χ1n) is 5.31. The molecule has 18 heteroatoms. The minimum absolute atomic E-state index is 0.534. The van der Waals surface area contributed by atoms with Gasteiger partial charge < -0.3 is 15.0 Å². The van der Waals surface area contributed by atoms with E-state index in [-0.39, 0.29) is 0 Å². The number of rotatable bonds is 11. The third-order valence-electron chi connectivity index (χ3n) is 2.05. The maximum absolute atomic E-state index is 10.8. The van der Waals surface area contributed by atoms with E-state index in [1.807, 2.05) is 0 Å². The van der Waals surface area contributed by atoms with Crippen LogP contribution in [0.3, 0.4) is 0 Å². The predicted octanol–water partition coefficient (Wildman–Crippen LogP) is -3.90. The van der Waals surface area contributed by atoms with E-state index in [0.29, 0.717) is 0 Å². The molecule has 0 saturated heterocycles. The van der Waals surface area contributed by atoms with E-state index in [4.69, 9.17) is 18.8 Å². The summed E-state index contributed by atoms with van der Waals surface area (Å²) in [7, 11) is -16.5. The van der Waals surface area contributed by atoms with Crippen LogP contribution >= 0.6 is 0 Å². The Labute approximate surface area is 135 Å². The van der Waals surface area contributed by atoms with E-state index in [9.17, 15) is 35.2 Å². The van der Waals surface area contributed by atoms with Crippen molar-refractivity contribution in [3.05, 3.63) is 0 Å². The summed E-state index contributed by atoms with van der Waals surface area (Å²) < 4.78 is 101. The summed E-state index contributed by atoms with van der Waals surface area (Å²) in [5.41, 5.74) is 0. The van der Waals surface area contributed by atoms with E-state index in [1.165, 1.54) is 0 Å². The van der Waals surface area contributed by atoms with Crippen molar-refractivity contribution in [2.24, 2.45) is 0 Å². The van der Waals surface area contributed by atoms with Crippen LogP contribution < -0.4 is 0 Å². The van der Waals surface area contributed by atoms with Gasteiger partial charge in [-0.1, -0.05) is 0 Å². The van der Waals surface area contributed by atoms with Gasteiger partial charge in [0.1, 0.15) is 18.3 Å². The SMILES string of the molecule is O=C[C@H](OS(=O)(=O)O)[C@@H](OS(=O)(=O)O)[C@@H](OS(=O)(=O)O)[C@H](O)CO. The van der Waals surface area contributed by atoms with Crippen LogP contribution in [0.1, 0.15) is 0 Å². The van der Waals surface area contributed by atoms with Crippen molar-refractivity contribution in [2.75, 3.05) is 6.61 Å². The Morgan fingerprint density at radius 3 is 1.46 bits per heavy atom. The first kappa shape index (κ1) is 23.2. The topological polar surface area (TPSA) is 248 Å². The molecule has 0 radical (unpaired) electrons. The van der Waals surface area contributed by atoms with Crippen LogP contribution in [0.4, 0.5) is 0 Å². The van der Waals surface area contributed by atoms with Crippen molar-refractivity contribution in [1.29, 1.82) is 0 Å². The van der Waals surface area contributed by atoms with Crippen LogP contribution in [0, 0.1) is 0 Å². The highest BCUT2D eigenvalue weighted by molar-refractivity contribution is 7.81. The van der Waals surface area contributed by atoms with Crippen LogP contribution in [0.5, 0.6) is 0 Å². The second-order valence-corrected chi connectivity index (χ2v) is 7.00. The van der Waals surface area contributed by atoms with Crippen molar-refractivity contribution in [3.63, 3.8) is 0 Å². The molecule has 0 aromatic heterocycles. The average Bonchev–Trinajstić information content (AvgIpc) is 2.36. The fourth-order valence-electron chi connectivity index (χ4n) is 1.31.